The number of imidazole rings is 4. The van der Waals surface area contributed by atoms with Crippen molar-refractivity contribution in [3.8, 4) is 46.6 Å². The molecule has 446 valence electrons. The van der Waals surface area contributed by atoms with Crippen LogP contribution in [0.5, 0.6) is 0 Å². The van der Waals surface area contributed by atoms with Gasteiger partial charge in [-0.3, -0.25) is 17.9 Å². The van der Waals surface area contributed by atoms with Gasteiger partial charge >= 0.3 is 0 Å². The molecule has 15 heteroatoms. The molecule has 0 saturated carbocycles. The topological polar surface area (TPSA) is 132 Å². The minimum absolute atomic E-state index is 0.433. The Morgan fingerprint density at radius 3 is 0.884 bits per heavy atom. The molecule has 0 aliphatic heterocycles. The van der Waals surface area contributed by atoms with E-state index in [0.29, 0.717) is 47.0 Å². The first-order valence-electron chi connectivity index (χ1n) is 31.5. The van der Waals surface area contributed by atoms with Crippen LogP contribution in [0.2, 0.25) is 0 Å². The summed E-state index contributed by atoms with van der Waals surface area (Å²) < 4.78 is 12.9. The second-order valence-electron chi connectivity index (χ2n) is 23.7. The minimum Gasteiger partial charge on any atom is -0.278 e. The zero-order valence-corrected chi connectivity index (χ0v) is 51.4. The Kier molecular flexibility index (Phi) is 11.5. The predicted molar refractivity (Wildman–Crippen MR) is 379 cm³/mol. The van der Waals surface area contributed by atoms with E-state index in [0.717, 1.165) is 118 Å². The van der Waals surface area contributed by atoms with Gasteiger partial charge in [-0.25, -0.2) is 19.1 Å². The van der Waals surface area contributed by atoms with E-state index < -0.39 is 10.0 Å². The Bertz CT molecular complexity index is 6010. The molecule has 0 amide bonds. The van der Waals surface area contributed by atoms with Gasteiger partial charge in [0.05, 0.1) is 66.2 Å². The van der Waals surface area contributed by atoms with Crippen molar-refractivity contribution in [3.63, 3.8) is 0 Å². The largest absolute Gasteiger partial charge is 0.278 e. The van der Waals surface area contributed by atoms with Crippen LogP contribution in [0.25, 0.3) is 146 Å². The lowest BCUT2D eigenvalue weighted by atomic mass is 10.2. The molecule has 0 aliphatic carbocycles. The van der Waals surface area contributed by atoms with Crippen molar-refractivity contribution in [2.24, 2.45) is 0 Å². The first-order valence-corrected chi connectivity index (χ1v) is 33.1. The van der Waals surface area contributed by atoms with Crippen molar-refractivity contribution in [1.82, 2.24) is 66.9 Å². The molecule has 0 fully saturated rings. The van der Waals surface area contributed by atoms with Crippen LogP contribution in [0, 0.1) is 0 Å². The van der Waals surface area contributed by atoms with Gasteiger partial charge in [0.25, 0.3) is 0 Å². The van der Waals surface area contributed by atoms with Crippen molar-refractivity contribution in [2.45, 2.75) is 19.6 Å². The van der Waals surface area contributed by atoms with Crippen LogP contribution in [0.1, 0.15) is 0 Å². The van der Waals surface area contributed by atoms with E-state index in [2.05, 4.69) is 318 Å². The predicted octanol–water partition coefficient (Wildman–Crippen LogP) is 18.4. The molecule has 8 aromatic heterocycles. The number of aromatic nitrogens is 14. The summed E-state index contributed by atoms with van der Waals surface area (Å²) in [7, 11) is -2.44. The van der Waals surface area contributed by atoms with E-state index in [9.17, 15) is 0 Å². The van der Waals surface area contributed by atoms with Gasteiger partial charge in [-0.1, -0.05) is 182 Å². The van der Waals surface area contributed by atoms with Crippen LogP contribution in [0.15, 0.2) is 323 Å². The van der Waals surface area contributed by atoms with E-state index in [1.807, 2.05) is 12.1 Å². The van der Waals surface area contributed by atoms with Crippen LogP contribution in [0.3, 0.4) is 0 Å². The molecular formula is C80H50N14S. The molecule has 0 unspecified atom stereocenters. The van der Waals surface area contributed by atoms with E-state index in [1.54, 1.807) is 0 Å². The fourth-order valence-corrected chi connectivity index (χ4v) is 18.4. The second-order valence-corrected chi connectivity index (χ2v) is 26.8. The third-order valence-corrected chi connectivity index (χ3v) is 22.4. The van der Waals surface area contributed by atoms with Gasteiger partial charge in [-0.2, -0.15) is 29.9 Å². The summed E-state index contributed by atoms with van der Waals surface area (Å²) in [6.45, 7) is 0. The van der Waals surface area contributed by atoms with Gasteiger partial charge in [-0.05, 0) is 121 Å². The average molecular weight is 1240 g/mol. The van der Waals surface area contributed by atoms with Gasteiger partial charge in [0.1, 0.15) is 0 Å². The lowest BCUT2D eigenvalue weighted by Crippen LogP contribution is -2.11. The number of benzene rings is 12. The summed E-state index contributed by atoms with van der Waals surface area (Å²) in [4.78, 5) is 48.3. The molecule has 95 heavy (non-hydrogen) atoms. The van der Waals surface area contributed by atoms with Crippen LogP contribution < -0.4 is 0 Å². The number of hydrogen-bond donors (Lipinski definition) is 0. The average Bonchev–Trinajstić information content (AvgIpc) is 1.68. The fraction of sp³-hybridized carbons (Fsp3) is 0. The molecule has 14 nitrogen and oxygen atoms in total. The van der Waals surface area contributed by atoms with Gasteiger partial charge in [0, 0.05) is 52.3 Å². The first kappa shape index (κ1) is 52.9. The second kappa shape index (κ2) is 20.6. The third kappa shape index (κ3) is 7.81. The van der Waals surface area contributed by atoms with E-state index in [1.165, 1.54) is 0 Å². The Hall–Kier alpha value is -12.9. The maximum absolute atomic E-state index is 5.58. The van der Waals surface area contributed by atoms with Gasteiger partial charge in [-0.15, -0.1) is 10.0 Å². The van der Waals surface area contributed by atoms with Gasteiger partial charge in [0.15, 0.2) is 11.6 Å². The van der Waals surface area contributed by atoms with Crippen molar-refractivity contribution >= 4 is 109 Å². The zero-order chi connectivity index (χ0) is 62.3. The summed E-state index contributed by atoms with van der Waals surface area (Å²) in [5.74, 6) is 4.20. The summed E-state index contributed by atoms with van der Waals surface area (Å²) in [5.41, 5.74) is 13.1. The molecule has 0 radical (unpaired) electrons. The highest BCUT2D eigenvalue weighted by molar-refractivity contribution is 8.34. The van der Waals surface area contributed by atoms with Crippen molar-refractivity contribution in [2.75, 3.05) is 0 Å². The summed E-state index contributed by atoms with van der Waals surface area (Å²) in [5, 5.41) is 4.40. The van der Waals surface area contributed by atoms with Crippen LogP contribution >= 0.6 is 10.0 Å². The Labute approximate surface area is 542 Å². The molecule has 0 spiro atoms. The SMILES string of the molecule is c1ccc(S(c2ccccc2)(c2cccc(-c3nc(-n4c5ccccc5c5ccccc54)nc(-n4c5ccccc5n5c6ccccc6nc45)n3)c2)c2cccc(-c3nc(-n4c5ccccc5c5ccccc54)nc(-n4c5ccccc5n5c6ccccc6nc45)n3)c2)cc1. The molecule has 8 heterocycles. The van der Waals surface area contributed by atoms with Gasteiger partial charge in [0.2, 0.25) is 35.3 Å². The first-order chi connectivity index (χ1) is 47.1. The maximum Gasteiger partial charge on any atom is 0.242 e. The molecule has 0 atom stereocenters. The third-order valence-electron chi connectivity index (χ3n) is 18.5. The molecule has 20 rings (SSSR count). The molecular weight excluding hydrogens is 1190 g/mol. The van der Waals surface area contributed by atoms with Crippen LogP contribution in [-0.2, 0) is 0 Å². The summed E-state index contributed by atoms with van der Waals surface area (Å²) in [6, 6.07) is 106. The molecule has 0 bridgehead atoms. The minimum atomic E-state index is -2.44. The van der Waals surface area contributed by atoms with Gasteiger partial charge < -0.3 is 0 Å². The van der Waals surface area contributed by atoms with E-state index >= 15 is 0 Å². The maximum atomic E-state index is 5.58. The molecule has 0 saturated heterocycles. The monoisotopic (exact) mass is 1240 g/mol. The number of hydrogen-bond acceptors (Lipinski definition) is 8. The summed E-state index contributed by atoms with van der Waals surface area (Å²) >= 11 is 0. The number of nitrogens with zero attached hydrogens (tertiary/aromatic N) is 14. The van der Waals surface area contributed by atoms with E-state index in [-0.39, 0.29) is 0 Å². The highest BCUT2D eigenvalue weighted by atomic mass is 32.3. The quantitative estimate of drug-likeness (QED) is 0.132. The zero-order valence-electron chi connectivity index (χ0n) is 50.5. The van der Waals surface area contributed by atoms with Crippen LogP contribution in [-0.4, -0.2) is 66.9 Å². The van der Waals surface area contributed by atoms with Crippen molar-refractivity contribution < 1.29 is 0 Å². The standard InChI is InChI=1S/C80H50N14S/c1-3-27-53(28-4-1)95(54-29-5-2-6-30-54,55-31-23-25-51(49-55)73-83-75(89-63-39-13-7-33-57(63)58-34-8-14-40-64(58)89)87-77(85-73)93-71-47-21-19-45-69(71)91-67-43-17-11-37-61(67)81-79(91)93)56-32-24-26-52(50-56)74-84-76(90-65-41-15-9-35-59(65)60-36-10-16-42-66(60)90)88-78(86-74)94-72-48-22-20-46-70(72)92-68-44-18-12-38-62(68)82-80(92)94/h1-50H. The van der Waals surface area contributed by atoms with E-state index in [4.69, 9.17) is 39.9 Å². The lowest BCUT2D eigenvalue weighted by molar-refractivity contribution is 0.884. The fourth-order valence-electron chi connectivity index (χ4n) is 14.5. The Balaban J connectivity index is 0.835. The molecule has 20 aromatic rings. The highest BCUT2D eigenvalue weighted by Crippen LogP contribution is 2.74. The number of fused-ring (bicyclic) bond motifs is 16. The van der Waals surface area contributed by atoms with Crippen molar-refractivity contribution in [1.29, 1.82) is 0 Å². The highest BCUT2D eigenvalue weighted by Gasteiger charge is 2.35. The molecule has 0 aliphatic rings. The Morgan fingerprint density at radius 2 is 0.505 bits per heavy atom. The summed E-state index contributed by atoms with van der Waals surface area (Å²) in [6.07, 6.45) is 0. The van der Waals surface area contributed by atoms with Crippen molar-refractivity contribution in [3.05, 3.63) is 303 Å². The number of rotatable bonds is 10. The van der Waals surface area contributed by atoms with Crippen LogP contribution in [0.4, 0.5) is 0 Å². The lowest BCUT2D eigenvalue weighted by Gasteiger charge is -2.42. The molecule has 12 aromatic carbocycles. The molecule has 0 N–H and O–H groups in total. The normalized spacial score (nSPS) is 12.4. The number of para-hydroxylation sites is 12. The smallest absolute Gasteiger partial charge is 0.242 e. The Morgan fingerprint density at radius 1 is 0.211 bits per heavy atom.